The van der Waals surface area contributed by atoms with Crippen LogP contribution in [0.4, 0.5) is 0 Å². The van der Waals surface area contributed by atoms with Crippen molar-refractivity contribution in [2.45, 2.75) is 45.2 Å². The van der Waals surface area contributed by atoms with Crippen LogP contribution >= 0.6 is 0 Å². The minimum absolute atomic E-state index is 0.173. The molecule has 6 N–H and O–H groups in total. The van der Waals surface area contributed by atoms with Gasteiger partial charge in [-0.1, -0.05) is 20.3 Å². The molecule has 17 heavy (non-hydrogen) atoms. The summed E-state index contributed by atoms with van der Waals surface area (Å²) in [5, 5.41) is 11.4. The van der Waals surface area contributed by atoms with Crippen LogP contribution in [-0.4, -0.2) is 35.6 Å². The summed E-state index contributed by atoms with van der Waals surface area (Å²) in [5.74, 6) is -1.63. The van der Waals surface area contributed by atoms with E-state index >= 15 is 0 Å². The highest BCUT2D eigenvalue weighted by Crippen LogP contribution is 2.04. The molecule has 0 saturated carbocycles. The number of carboxylic acid groups (broad SMARTS) is 1. The van der Waals surface area contributed by atoms with Crippen LogP contribution in [0, 0.1) is 5.92 Å². The maximum atomic E-state index is 11.6. The summed E-state index contributed by atoms with van der Waals surface area (Å²) in [4.78, 5) is 22.5. The molecular weight excluding hydrogens is 222 g/mol. The van der Waals surface area contributed by atoms with Crippen LogP contribution in [-0.2, 0) is 9.59 Å². The SMILES string of the molecule is CC(C)C(NC(=O)C(N)CCCCN)C(=O)O. The van der Waals surface area contributed by atoms with Crippen LogP contribution in [0.15, 0.2) is 0 Å². The largest absolute Gasteiger partial charge is 0.480 e. The molecule has 0 fully saturated rings. The van der Waals surface area contributed by atoms with E-state index in [1.807, 2.05) is 0 Å². The minimum Gasteiger partial charge on any atom is -0.480 e. The number of nitrogens with two attached hydrogens (primary N) is 2. The van der Waals surface area contributed by atoms with Gasteiger partial charge in [0.15, 0.2) is 0 Å². The monoisotopic (exact) mass is 245 g/mol. The lowest BCUT2D eigenvalue weighted by Crippen LogP contribution is -2.50. The fourth-order valence-electron chi connectivity index (χ4n) is 1.41. The molecule has 0 spiro atoms. The molecule has 0 saturated heterocycles. The van der Waals surface area contributed by atoms with E-state index in [9.17, 15) is 9.59 Å². The van der Waals surface area contributed by atoms with Gasteiger partial charge < -0.3 is 21.9 Å². The Bertz CT molecular complexity index is 256. The molecule has 0 aromatic carbocycles. The number of hydrogen-bond acceptors (Lipinski definition) is 4. The van der Waals surface area contributed by atoms with Crippen molar-refractivity contribution in [2.24, 2.45) is 17.4 Å². The Hall–Kier alpha value is -1.14. The molecule has 0 bridgehead atoms. The summed E-state index contributed by atoms with van der Waals surface area (Å²) in [6, 6.07) is -1.55. The molecule has 0 aromatic rings. The molecule has 0 aromatic heterocycles. The van der Waals surface area contributed by atoms with Gasteiger partial charge in [0, 0.05) is 0 Å². The molecule has 2 atom stereocenters. The first-order valence-electron chi connectivity index (χ1n) is 5.89. The van der Waals surface area contributed by atoms with E-state index in [1.54, 1.807) is 13.8 Å². The number of carboxylic acids is 1. The molecule has 0 radical (unpaired) electrons. The van der Waals surface area contributed by atoms with E-state index in [1.165, 1.54) is 0 Å². The zero-order valence-electron chi connectivity index (χ0n) is 10.5. The molecular formula is C11H23N3O3. The predicted molar refractivity (Wildman–Crippen MR) is 65.3 cm³/mol. The summed E-state index contributed by atoms with van der Waals surface area (Å²) in [7, 11) is 0. The zero-order valence-corrected chi connectivity index (χ0v) is 10.5. The maximum absolute atomic E-state index is 11.6. The van der Waals surface area contributed by atoms with Crippen LogP contribution in [0.1, 0.15) is 33.1 Å². The smallest absolute Gasteiger partial charge is 0.326 e. The topological polar surface area (TPSA) is 118 Å². The second-order valence-electron chi connectivity index (χ2n) is 4.46. The van der Waals surface area contributed by atoms with Gasteiger partial charge in [-0.3, -0.25) is 4.79 Å². The van der Waals surface area contributed by atoms with E-state index in [-0.39, 0.29) is 5.92 Å². The molecule has 1 amide bonds. The molecule has 6 heteroatoms. The van der Waals surface area contributed by atoms with Crippen molar-refractivity contribution in [3.8, 4) is 0 Å². The molecule has 0 rings (SSSR count). The quantitative estimate of drug-likeness (QED) is 0.437. The third-order valence-electron chi connectivity index (χ3n) is 2.54. The van der Waals surface area contributed by atoms with Gasteiger partial charge in [0.05, 0.1) is 6.04 Å². The summed E-state index contributed by atoms with van der Waals surface area (Å²) in [5.41, 5.74) is 11.0. The molecule has 0 aliphatic rings. The van der Waals surface area contributed by atoms with Crippen molar-refractivity contribution in [2.75, 3.05) is 6.54 Å². The van der Waals surface area contributed by atoms with E-state index < -0.39 is 24.0 Å². The first-order valence-corrected chi connectivity index (χ1v) is 5.89. The van der Waals surface area contributed by atoms with Crippen molar-refractivity contribution in [3.63, 3.8) is 0 Å². The van der Waals surface area contributed by atoms with E-state index in [4.69, 9.17) is 16.6 Å². The Morgan fingerprint density at radius 3 is 2.29 bits per heavy atom. The van der Waals surface area contributed by atoms with Crippen LogP contribution in [0.2, 0.25) is 0 Å². The van der Waals surface area contributed by atoms with Crippen molar-refractivity contribution in [3.05, 3.63) is 0 Å². The lowest BCUT2D eigenvalue weighted by Gasteiger charge is -2.20. The van der Waals surface area contributed by atoms with Gasteiger partial charge in [-0.05, 0) is 25.3 Å². The van der Waals surface area contributed by atoms with E-state index in [2.05, 4.69) is 5.32 Å². The Kier molecular flexibility index (Phi) is 7.49. The van der Waals surface area contributed by atoms with Gasteiger partial charge in [-0.15, -0.1) is 0 Å². The Morgan fingerprint density at radius 1 is 1.29 bits per heavy atom. The Morgan fingerprint density at radius 2 is 1.88 bits per heavy atom. The molecule has 0 heterocycles. The minimum atomic E-state index is -1.04. The summed E-state index contributed by atoms with van der Waals surface area (Å²) in [6.45, 7) is 4.04. The number of amides is 1. The average Bonchev–Trinajstić information content (AvgIpc) is 2.24. The van der Waals surface area contributed by atoms with Crippen molar-refractivity contribution < 1.29 is 14.7 Å². The van der Waals surface area contributed by atoms with Gasteiger partial charge in [0.1, 0.15) is 6.04 Å². The highest BCUT2D eigenvalue weighted by Gasteiger charge is 2.25. The normalized spacial score (nSPS) is 14.4. The number of aliphatic carboxylic acids is 1. The third-order valence-corrected chi connectivity index (χ3v) is 2.54. The highest BCUT2D eigenvalue weighted by molar-refractivity contribution is 5.86. The number of carbonyl (C=O) groups excluding carboxylic acids is 1. The lowest BCUT2D eigenvalue weighted by molar-refractivity contribution is -0.143. The number of hydrogen-bond donors (Lipinski definition) is 4. The average molecular weight is 245 g/mol. The zero-order chi connectivity index (χ0) is 13.4. The number of nitrogens with one attached hydrogen (secondary N) is 1. The van der Waals surface area contributed by atoms with E-state index in [0.29, 0.717) is 13.0 Å². The summed E-state index contributed by atoms with van der Waals surface area (Å²) < 4.78 is 0. The van der Waals surface area contributed by atoms with Crippen molar-refractivity contribution in [1.82, 2.24) is 5.32 Å². The maximum Gasteiger partial charge on any atom is 0.326 e. The van der Waals surface area contributed by atoms with Gasteiger partial charge >= 0.3 is 5.97 Å². The number of carbonyl (C=O) groups is 2. The number of rotatable bonds is 8. The summed E-state index contributed by atoms with van der Waals surface area (Å²) in [6.07, 6.45) is 2.10. The fourth-order valence-corrected chi connectivity index (χ4v) is 1.41. The molecule has 0 aliphatic carbocycles. The Labute approximate surface area is 102 Å². The second kappa shape index (κ2) is 8.03. The van der Waals surface area contributed by atoms with Gasteiger partial charge in [-0.25, -0.2) is 4.79 Å². The predicted octanol–water partition coefficient (Wildman–Crippen LogP) is -0.332. The van der Waals surface area contributed by atoms with Crippen molar-refractivity contribution in [1.29, 1.82) is 0 Å². The fraction of sp³-hybridized carbons (Fsp3) is 0.818. The summed E-state index contributed by atoms with van der Waals surface area (Å²) >= 11 is 0. The van der Waals surface area contributed by atoms with Crippen LogP contribution in [0.5, 0.6) is 0 Å². The highest BCUT2D eigenvalue weighted by atomic mass is 16.4. The lowest BCUT2D eigenvalue weighted by atomic mass is 10.0. The van der Waals surface area contributed by atoms with Gasteiger partial charge in [0.2, 0.25) is 5.91 Å². The molecule has 2 unspecified atom stereocenters. The Balaban J connectivity index is 4.16. The first kappa shape index (κ1) is 15.9. The van der Waals surface area contributed by atoms with Gasteiger partial charge in [0.25, 0.3) is 0 Å². The molecule has 100 valence electrons. The molecule has 6 nitrogen and oxygen atoms in total. The van der Waals surface area contributed by atoms with Crippen LogP contribution < -0.4 is 16.8 Å². The van der Waals surface area contributed by atoms with Crippen molar-refractivity contribution >= 4 is 11.9 Å². The van der Waals surface area contributed by atoms with Crippen LogP contribution in [0.25, 0.3) is 0 Å². The number of unbranched alkanes of at least 4 members (excludes halogenated alkanes) is 1. The standard InChI is InChI=1S/C11H23N3O3/c1-7(2)9(11(16)17)14-10(15)8(13)5-3-4-6-12/h7-9H,3-6,12-13H2,1-2H3,(H,14,15)(H,16,17). The third kappa shape index (κ3) is 6.23. The van der Waals surface area contributed by atoms with Crippen LogP contribution in [0.3, 0.4) is 0 Å². The van der Waals surface area contributed by atoms with Gasteiger partial charge in [-0.2, -0.15) is 0 Å². The second-order valence-corrected chi connectivity index (χ2v) is 4.46. The molecule has 0 aliphatic heterocycles. The first-order chi connectivity index (χ1) is 7.90. The van der Waals surface area contributed by atoms with E-state index in [0.717, 1.165) is 12.8 Å².